The number of rotatable bonds is 5. The monoisotopic (exact) mass is 384 g/mol. The molecule has 0 saturated heterocycles. The van der Waals surface area contributed by atoms with Crippen LogP contribution in [0.5, 0.6) is 0 Å². The Morgan fingerprint density at radius 1 is 1.07 bits per heavy atom. The van der Waals surface area contributed by atoms with Crippen molar-refractivity contribution in [2.45, 2.75) is 32.2 Å². The number of hydrogen-bond acceptors (Lipinski definition) is 5. The molecule has 0 aliphatic heterocycles. The van der Waals surface area contributed by atoms with Crippen molar-refractivity contribution in [2.24, 2.45) is 0 Å². The van der Waals surface area contributed by atoms with Crippen LogP contribution < -0.4 is 4.90 Å². The van der Waals surface area contributed by atoms with Crippen molar-refractivity contribution in [2.75, 3.05) is 18.2 Å². The second kappa shape index (κ2) is 7.15. The molecule has 0 aliphatic carbocycles. The van der Waals surface area contributed by atoms with Crippen LogP contribution in [0.25, 0.3) is 5.69 Å². The van der Waals surface area contributed by atoms with Gasteiger partial charge < -0.3 is 4.90 Å². The van der Waals surface area contributed by atoms with Gasteiger partial charge in [-0.25, -0.2) is 18.1 Å². The van der Waals surface area contributed by atoms with Gasteiger partial charge in [-0.15, -0.1) is 0 Å². The normalized spacial score (nSPS) is 11.6. The lowest BCUT2D eigenvalue weighted by molar-refractivity contribution is 0.601. The molecule has 0 unspecified atom stereocenters. The summed E-state index contributed by atoms with van der Waals surface area (Å²) in [5.41, 5.74) is 5.20. The van der Waals surface area contributed by atoms with E-state index in [1.807, 2.05) is 48.7 Å². The van der Waals surface area contributed by atoms with E-state index >= 15 is 0 Å². The fraction of sp³-hybridized carbons (Fsp3) is 0.300. The van der Waals surface area contributed by atoms with Gasteiger partial charge in [-0.1, -0.05) is 18.2 Å². The molecular formula is C20H24N4O2S. The molecule has 0 radical (unpaired) electrons. The van der Waals surface area contributed by atoms with Crippen LogP contribution in [0.15, 0.2) is 47.5 Å². The van der Waals surface area contributed by atoms with Gasteiger partial charge in [0.15, 0.2) is 9.84 Å². The smallest absolute Gasteiger partial charge is 0.179 e. The van der Waals surface area contributed by atoms with Crippen LogP contribution >= 0.6 is 0 Å². The predicted molar refractivity (Wildman–Crippen MR) is 107 cm³/mol. The maximum absolute atomic E-state index is 12.1. The average Bonchev–Trinajstić information content (AvgIpc) is 2.89. The van der Waals surface area contributed by atoms with Crippen LogP contribution in [0.4, 0.5) is 5.82 Å². The van der Waals surface area contributed by atoms with E-state index in [-0.39, 0.29) is 4.90 Å². The number of aryl methyl sites for hydroxylation is 2. The maximum Gasteiger partial charge on any atom is 0.179 e. The molecule has 142 valence electrons. The minimum absolute atomic E-state index is 0.231. The molecule has 6 nitrogen and oxygen atoms in total. The highest BCUT2D eigenvalue weighted by atomic mass is 32.2. The number of benzene rings is 1. The lowest BCUT2D eigenvalue weighted by Gasteiger charge is -2.20. The van der Waals surface area contributed by atoms with Crippen LogP contribution in [0.1, 0.15) is 22.5 Å². The summed E-state index contributed by atoms with van der Waals surface area (Å²) in [6, 6.07) is 11.3. The molecular weight excluding hydrogens is 360 g/mol. The summed E-state index contributed by atoms with van der Waals surface area (Å²) in [6.07, 6.45) is 2.81. The number of nitrogens with zero attached hydrogens (tertiary/aromatic N) is 4. The molecule has 0 fully saturated rings. The molecule has 27 heavy (non-hydrogen) atoms. The van der Waals surface area contributed by atoms with E-state index in [9.17, 15) is 8.42 Å². The zero-order valence-corrected chi connectivity index (χ0v) is 17.1. The summed E-state index contributed by atoms with van der Waals surface area (Å²) in [5, 5.41) is 4.71. The standard InChI is InChI=1S/C20H24N4O2S/c1-14-9-6-7-10-18(14)24-16(3)17(15(2)22-24)13-23(4)20-19(27(5,25)26)11-8-12-21-20/h6-12H,13H2,1-5H3. The zero-order chi connectivity index (χ0) is 19.8. The van der Waals surface area contributed by atoms with E-state index in [1.54, 1.807) is 18.3 Å². The second-order valence-electron chi connectivity index (χ2n) is 6.80. The van der Waals surface area contributed by atoms with E-state index in [4.69, 9.17) is 5.10 Å². The van der Waals surface area contributed by atoms with Crippen molar-refractivity contribution in [1.29, 1.82) is 0 Å². The van der Waals surface area contributed by atoms with Gasteiger partial charge in [0.05, 0.1) is 11.4 Å². The summed E-state index contributed by atoms with van der Waals surface area (Å²) >= 11 is 0. The molecule has 0 atom stereocenters. The van der Waals surface area contributed by atoms with Crippen LogP contribution in [0, 0.1) is 20.8 Å². The molecule has 1 aromatic carbocycles. The molecule has 3 aromatic rings. The molecule has 0 aliphatic rings. The van der Waals surface area contributed by atoms with Crippen molar-refractivity contribution in [3.8, 4) is 5.69 Å². The number of pyridine rings is 1. The molecule has 0 spiro atoms. The molecule has 0 amide bonds. The van der Waals surface area contributed by atoms with E-state index in [0.29, 0.717) is 12.4 Å². The third kappa shape index (κ3) is 3.73. The van der Waals surface area contributed by atoms with Gasteiger partial charge >= 0.3 is 0 Å². The van der Waals surface area contributed by atoms with Crippen molar-refractivity contribution >= 4 is 15.7 Å². The Morgan fingerprint density at radius 2 is 1.78 bits per heavy atom. The van der Waals surface area contributed by atoms with Crippen molar-refractivity contribution in [3.05, 3.63) is 65.1 Å². The van der Waals surface area contributed by atoms with Gasteiger partial charge in [-0.2, -0.15) is 5.10 Å². The van der Waals surface area contributed by atoms with Crippen LogP contribution in [0.2, 0.25) is 0 Å². The Kier molecular flexibility index (Phi) is 5.06. The maximum atomic E-state index is 12.1. The van der Waals surface area contributed by atoms with Gasteiger partial charge in [-0.05, 0) is 44.5 Å². The molecule has 2 aromatic heterocycles. The Labute approximate surface area is 160 Å². The highest BCUT2D eigenvalue weighted by molar-refractivity contribution is 7.90. The van der Waals surface area contributed by atoms with Crippen LogP contribution in [0.3, 0.4) is 0 Å². The summed E-state index contributed by atoms with van der Waals surface area (Å²) in [5.74, 6) is 0.447. The predicted octanol–water partition coefficient (Wildman–Crippen LogP) is 3.23. The quantitative estimate of drug-likeness (QED) is 0.676. The largest absolute Gasteiger partial charge is 0.354 e. The Balaban J connectivity index is 2.00. The van der Waals surface area contributed by atoms with E-state index in [2.05, 4.69) is 18.0 Å². The number of sulfone groups is 1. The third-order valence-electron chi connectivity index (χ3n) is 4.69. The topological polar surface area (TPSA) is 68.1 Å². The van der Waals surface area contributed by atoms with Crippen LogP contribution in [-0.2, 0) is 16.4 Å². The second-order valence-corrected chi connectivity index (χ2v) is 8.79. The zero-order valence-electron chi connectivity index (χ0n) is 16.3. The summed E-state index contributed by atoms with van der Waals surface area (Å²) < 4.78 is 26.1. The van der Waals surface area contributed by atoms with E-state index < -0.39 is 9.84 Å². The van der Waals surface area contributed by atoms with Crippen molar-refractivity contribution in [3.63, 3.8) is 0 Å². The molecule has 3 rings (SSSR count). The first kappa shape index (κ1) is 19.1. The van der Waals surface area contributed by atoms with E-state index in [0.717, 1.165) is 28.2 Å². The summed E-state index contributed by atoms with van der Waals surface area (Å²) in [7, 11) is -1.51. The number of para-hydroxylation sites is 1. The fourth-order valence-corrected chi connectivity index (χ4v) is 4.08. The molecule has 2 heterocycles. The fourth-order valence-electron chi connectivity index (χ4n) is 3.21. The Bertz CT molecular complexity index is 1090. The number of anilines is 1. The Morgan fingerprint density at radius 3 is 2.44 bits per heavy atom. The van der Waals surface area contributed by atoms with Gasteiger partial charge in [0, 0.05) is 37.3 Å². The first-order valence-electron chi connectivity index (χ1n) is 8.67. The highest BCUT2D eigenvalue weighted by Crippen LogP contribution is 2.26. The molecule has 7 heteroatoms. The summed E-state index contributed by atoms with van der Waals surface area (Å²) in [4.78, 5) is 6.39. The third-order valence-corrected chi connectivity index (χ3v) is 5.81. The molecule has 0 saturated carbocycles. The SMILES string of the molecule is Cc1ccccc1-n1nc(C)c(CN(C)c2ncccc2S(C)(=O)=O)c1C. The minimum atomic E-state index is -3.36. The summed E-state index contributed by atoms with van der Waals surface area (Å²) in [6.45, 7) is 6.58. The Hall–Kier alpha value is -2.67. The van der Waals surface area contributed by atoms with Crippen molar-refractivity contribution in [1.82, 2.24) is 14.8 Å². The average molecular weight is 385 g/mol. The van der Waals surface area contributed by atoms with Gasteiger partial charge in [-0.3, -0.25) is 0 Å². The van der Waals surface area contributed by atoms with E-state index in [1.165, 1.54) is 6.26 Å². The number of aromatic nitrogens is 3. The highest BCUT2D eigenvalue weighted by Gasteiger charge is 2.20. The molecule has 0 N–H and O–H groups in total. The lowest BCUT2D eigenvalue weighted by atomic mass is 10.1. The minimum Gasteiger partial charge on any atom is -0.354 e. The lowest BCUT2D eigenvalue weighted by Crippen LogP contribution is -2.21. The van der Waals surface area contributed by atoms with Gasteiger partial charge in [0.2, 0.25) is 0 Å². The number of hydrogen-bond donors (Lipinski definition) is 0. The van der Waals surface area contributed by atoms with Crippen LogP contribution in [-0.4, -0.2) is 36.5 Å². The first-order chi connectivity index (χ1) is 12.7. The van der Waals surface area contributed by atoms with Gasteiger partial charge in [0.1, 0.15) is 10.7 Å². The van der Waals surface area contributed by atoms with Crippen molar-refractivity contribution < 1.29 is 8.42 Å². The molecule has 0 bridgehead atoms. The first-order valence-corrected chi connectivity index (χ1v) is 10.6. The van der Waals surface area contributed by atoms with Gasteiger partial charge in [0.25, 0.3) is 0 Å².